The molecule has 0 aliphatic carbocycles. The van der Waals surface area contributed by atoms with Crippen LogP contribution >= 0.6 is 0 Å². The first-order chi connectivity index (χ1) is 18.3. The number of aryl methyl sites for hydroxylation is 3. The lowest BCUT2D eigenvalue weighted by molar-refractivity contribution is 0.174. The number of nitrogens with one attached hydrogen (secondary N) is 1. The van der Waals surface area contributed by atoms with Crippen molar-refractivity contribution in [1.82, 2.24) is 13.7 Å². The third-order valence-electron chi connectivity index (χ3n) is 7.81. The summed E-state index contributed by atoms with van der Waals surface area (Å²) in [5.74, 6) is 1.37. The van der Waals surface area contributed by atoms with Crippen LogP contribution in [0.3, 0.4) is 0 Å². The Hall–Kier alpha value is -4.72. The van der Waals surface area contributed by atoms with Crippen molar-refractivity contribution >= 4 is 16.6 Å². The quantitative estimate of drug-likeness (QED) is 0.380. The molecule has 0 fully saturated rings. The fraction of sp³-hybridized carbons (Fsp3) is 0.200. The molecule has 1 atom stereocenters. The zero-order valence-corrected chi connectivity index (χ0v) is 21.5. The second-order valence-electron chi connectivity index (χ2n) is 10.0. The molecule has 2 aliphatic rings. The summed E-state index contributed by atoms with van der Waals surface area (Å²) in [4.78, 5) is 27.1. The van der Waals surface area contributed by atoms with E-state index in [4.69, 9.17) is 9.47 Å². The molecular weight excluding hydrogens is 480 g/mol. The molecule has 38 heavy (non-hydrogen) atoms. The van der Waals surface area contributed by atoms with Gasteiger partial charge in [-0.05, 0) is 60.4 Å². The summed E-state index contributed by atoms with van der Waals surface area (Å²) in [5.41, 5.74) is 7.52. The Morgan fingerprint density at radius 3 is 2.39 bits per heavy atom. The number of nitrogens with zero attached hydrogens (tertiary/aromatic N) is 3. The Kier molecular flexibility index (Phi) is 4.67. The van der Waals surface area contributed by atoms with Crippen molar-refractivity contribution in [3.8, 4) is 28.4 Å². The number of benzene rings is 3. The third-order valence-corrected chi connectivity index (χ3v) is 7.81. The highest BCUT2D eigenvalue weighted by molar-refractivity contribution is 5.99. The molecule has 0 bridgehead atoms. The van der Waals surface area contributed by atoms with Gasteiger partial charge in [-0.15, -0.1) is 0 Å². The maximum atomic E-state index is 13.8. The summed E-state index contributed by atoms with van der Waals surface area (Å²) in [6, 6.07) is 19.7. The van der Waals surface area contributed by atoms with Crippen molar-refractivity contribution in [2.75, 3.05) is 12.1 Å². The number of fused-ring (bicyclic) bond motifs is 6. The van der Waals surface area contributed by atoms with Gasteiger partial charge < -0.3 is 19.4 Å². The molecular formula is C30H26N4O4. The smallest absolute Gasteiger partial charge is 0.331 e. The van der Waals surface area contributed by atoms with Crippen LogP contribution in [0.2, 0.25) is 0 Å². The van der Waals surface area contributed by atoms with Crippen LogP contribution in [0.5, 0.6) is 11.5 Å². The monoisotopic (exact) mass is 506 g/mol. The number of ether oxygens (including phenoxy) is 2. The van der Waals surface area contributed by atoms with Crippen LogP contribution in [-0.2, 0) is 14.1 Å². The largest absolute Gasteiger partial charge is 0.454 e. The van der Waals surface area contributed by atoms with E-state index in [-0.39, 0.29) is 24.1 Å². The van der Waals surface area contributed by atoms with Gasteiger partial charge in [0.1, 0.15) is 0 Å². The van der Waals surface area contributed by atoms with Crippen LogP contribution < -0.4 is 26.0 Å². The molecule has 2 aliphatic heterocycles. The molecule has 0 saturated carbocycles. The minimum Gasteiger partial charge on any atom is -0.454 e. The third kappa shape index (κ3) is 2.97. The average Bonchev–Trinajstić information content (AvgIpc) is 3.54. The van der Waals surface area contributed by atoms with E-state index in [0.29, 0.717) is 22.4 Å². The standard InChI is InChI=1S/C30H26N4O4/c1-16-12-20-21(13-17(16)2)34-26(18-8-6-5-7-9-18)24-27(32(3)30(36)33(4)29(24)35)28(34)25(31-20)19-10-11-22-23(14-19)38-15-37-22/h5-14,25,31H,15H2,1-4H3/t25-/m0/s1. The van der Waals surface area contributed by atoms with E-state index in [2.05, 4.69) is 35.9 Å². The number of hydrogen-bond donors (Lipinski definition) is 1. The highest BCUT2D eigenvalue weighted by Crippen LogP contribution is 2.47. The zero-order valence-electron chi connectivity index (χ0n) is 21.5. The van der Waals surface area contributed by atoms with E-state index in [1.807, 2.05) is 48.5 Å². The summed E-state index contributed by atoms with van der Waals surface area (Å²) in [6.45, 7) is 4.35. The molecule has 3 aromatic carbocycles. The van der Waals surface area contributed by atoms with Crippen LogP contribution in [0.4, 0.5) is 5.69 Å². The van der Waals surface area contributed by atoms with Crippen LogP contribution in [0.1, 0.15) is 28.4 Å². The van der Waals surface area contributed by atoms with E-state index in [1.165, 1.54) is 11.6 Å². The van der Waals surface area contributed by atoms with E-state index in [1.54, 1.807) is 11.6 Å². The van der Waals surface area contributed by atoms with Crippen LogP contribution in [0.25, 0.3) is 27.8 Å². The number of rotatable bonds is 2. The Morgan fingerprint density at radius 1 is 0.868 bits per heavy atom. The predicted molar refractivity (Wildman–Crippen MR) is 147 cm³/mol. The topological polar surface area (TPSA) is 79.4 Å². The molecule has 190 valence electrons. The molecule has 0 saturated heterocycles. The second kappa shape index (κ2) is 7.89. The molecule has 0 unspecified atom stereocenters. The van der Waals surface area contributed by atoms with E-state index < -0.39 is 0 Å². The van der Waals surface area contributed by atoms with Gasteiger partial charge in [-0.25, -0.2) is 4.79 Å². The lowest BCUT2D eigenvalue weighted by Crippen LogP contribution is -2.37. The van der Waals surface area contributed by atoms with Gasteiger partial charge in [0.15, 0.2) is 11.5 Å². The van der Waals surface area contributed by atoms with Gasteiger partial charge in [0.2, 0.25) is 6.79 Å². The fourth-order valence-corrected chi connectivity index (χ4v) is 5.74. The summed E-state index contributed by atoms with van der Waals surface area (Å²) < 4.78 is 16.2. The minimum atomic E-state index is -0.370. The molecule has 2 aromatic heterocycles. The van der Waals surface area contributed by atoms with Gasteiger partial charge in [-0.1, -0.05) is 36.4 Å². The first-order valence-corrected chi connectivity index (χ1v) is 12.5. The van der Waals surface area contributed by atoms with Crippen molar-refractivity contribution < 1.29 is 9.47 Å². The average molecular weight is 507 g/mol. The van der Waals surface area contributed by atoms with Crippen LogP contribution in [0.15, 0.2) is 70.3 Å². The molecule has 8 heteroatoms. The Bertz CT molecular complexity index is 1910. The van der Waals surface area contributed by atoms with Gasteiger partial charge in [0, 0.05) is 14.1 Å². The van der Waals surface area contributed by atoms with Gasteiger partial charge in [-0.2, -0.15) is 0 Å². The number of hydrogen-bond acceptors (Lipinski definition) is 5. The van der Waals surface area contributed by atoms with Crippen molar-refractivity contribution in [2.24, 2.45) is 14.1 Å². The summed E-state index contributed by atoms with van der Waals surface area (Å²) in [7, 11) is 3.26. The predicted octanol–water partition coefficient (Wildman–Crippen LogP) is 4.56. The van der Waals surface area contributed by atoms with Crippen molar-refractivity contribution in [3.63, 3.8) is 0 Å². The highest BCUT2D eigenvalue weighted by atomic mass is 16.7. The molecule has 0 amide bonds. The first kappa shape index (κ1) is 22.5. The Morgan fingerprint density at radius 2 is 1.61 bits per heavy atom. The van der Waals surface area contributed by atoms with Gasteiger partial charge in [0.25, 0.3) is 5.56 Å². The summed E-state index contributed by atoms with van der Waals surface area (Å²) in [6.07, 6.45) is 0. The Labute approximate surface area is 218 Å². The summed E-state index contributed by atoms with van der Waals surface area (Å²) in [5, 5.41) is 4.23. The van der Waals surface area contributed by atoms with Crippen molar-refractivity contribution in [1.29, 1.82) is 0 Å². The molecule has 1 N–H and O–H groups in total. The Balaban J connectivity index is 1.69. The SMILES string of the molecule is Cc1cc2c(cc1C)-n1c(-c3ccccc3)c3c(=O)n(C)c(=O)n(C)c3c1[C@H](c1ccc3c(c1)OCO3)N2. The number of aromatic nitrogens is 3. The zero-order chi connectivity index (χ0) is 26.3. The van der Waals surface area contributed by atoms with Gasteiger partial charge in [0.05, 0.1) is 39.7 Å². The molecule has 0 radical (unpaired) electrons. The fourth-order valence-electron chi connectivity index (χ4n) is 5.74. The maximum Gasteiger partial charge on any atom is 0.331 e. The molecule has 8 nitrogen and oxygen atoms in total. The second-order valence-corrected chi connectivity index (χ2v) is 10.0. The van der Waals surface area contributed by atoms with E-state index >= 15 is 0 Å². The maximum absolute atomic E-state index is 13.8. The summed E-state index contributed by atoms with van der Waals surface area (Å²) >= 11 is 0. The van der Waals surface area contributed by atoms with Gasteiger partial charge in [-0.3, -0.25) is 13.9 Å². The van der Waals surface area contributed by atoms with E-state index in [0.717, 1.165) is 45.0 Å². The number of anilines is 1. The molecule has 4 heterocycles. The molecule has 0 spiro atoms. The lowest BCUT2D eigenvalue weighted by Gasteiger charge is -2.32. The lowest BCUT2D eigenvalue weighted by atomic mass is 9.97. The highest BCUT2D eigenvalue weighted by Gasteiger charge is 2.35. The first-order valence-electron chi connectivity index (χ1n) is 12.5. The van der Waals surface area contributed by atoms with Crippen LogP contribution in [0, 0.1) is 13.8 Å². The van der Waals surface area contributed by atoms with Crippen molar-refractivity contribution in [2.45, 2.75) is 19.9 Å². The minimum absolute atomic E-state index is 0.181. The van der Waals surface area contributed by atoms with Gasteiger partial charge >= 0.3 is 5.69 Å². The van der Waals surface area contributed by atoms with Crippen molar-refractivity contribution in [3.05, 3.63) is 104 Å². The normalized spacial score (nSPS) is 15.3. The van der Waals surface area contributed by atoms with E-state index in [9.17, 15) is 9.59 Å². The van der Waals surface area contributed by atoms with Crippen LogP contribution in [-0.4, -0.2) is 20.5 Å². The molecule has 7 rings (SSSR count). The molecule has 5 aromatic rings.